The molecule has 3 nitrogen and oxygen atoms in total. The smallest absolute Gasteiger partial charge is 0.0742 e. The normalized spacial score (nSPS) is 40.9. The second-order valence-corrected chi connectivity index (χ2v) is 4.62. The Bertz CT molecular complexity index is 194. The van der Waals surface area contributed by atoms with E-state index in [1.165, 1.54) is 19.3 Å². The largest absolute Gasteiger partial charge is 0.392 e. The molecule has 0 aromatic carbocycles. The van der Waals surface area contributed by atoms with Gasteiger partial charge in [0.2, 0.25) is 0 Å². The van der Waals surface area contributed by atoms with Crippen LogP contribution in [0.5, 0.6) is 0 Å². The Labute approximate surface area is 86.0 Å². The number of ether oxygens (including phenoxy) is 1. The lowest BCUT2D eigenvalue weighted by Crippen LogP contribution is -2.45. The van der Waals surface area contributed by atoms with Gasteiger partial charge in [-0.05, 0) is 32.7 Å². The zero-order valence-electron chi connectivity index (χ0n) is 9.15. The van der Waals surface area contributed by atoms with Crippen molar-refractivity contribution < 1.29 is 9.84 Å². The first kappa shape index (κ1) is 10.4. The SMILES string of the molecule is CO[C@@H]1C[C@H](C(C)O)N2CCCC[C@H]12. The third-order valence-corrected chi connectivity index (χ3v) is 3.78. The van der Waals surface area contributed by atoms with Gasteiger partial charge in [-0.15, -0.1) is 0 Å². The first-order valence-corrected chi connectivity index (χ1v) is 5.70. The molecule has 0 aliphatic carbocycles. The molecule has 0 aromatic rings. The Morgan fingerprint density at radius 2 is 2.21 bits per heavy atom. The topological polar surface area (TPSA) is 32.7 Å². The number of fused-ring (bicyclic) bond motifs is 1. The average molecular weight is 199 g/mol. The molecule has 82 valence electrons. The van der Waals surface area contributed by atoms with Gasteiger partial charge in [0.05, 0.1) is 12.2 Å². The van der Waals surface area contributed by atoms with E-state index >= 15 is 0 Å². The van der Waals surface area contributed by atoms with Crippen molar-refractivity contribution in [1.82, 2.24) is 4.90 Å². The Balaban J connectivity index is 2.08. The molecule has 2 rings (SSSR count). The molecule has 1 N–H and O–H groups in total. The molecule has 0 radical (unpaired) electrons. The molecule has 0 bridgehead atoms. The highest BCUT2D eigenvalue weighted by Gasteiger charge is 2.43. The number of piperidine rings is 1. The maximum absolute atomic E-state index is 9.71. The number of aliphatic hydroxyl groups is 1. The molecule has 0 amide bonds. The summed E-state index contributed by atoms with van der Waals surface area (Å²) in [5, 5.41) is 9.71. The summed E-state index contributed by atoms with van der Waals surface area (Å²) in [6.45, 7) is 3.04. The Morgan fingerprint density at radius 3 is 2.86 bits per heavy atom. The molecule has 1 unspecified atom stereocenters. The van der Waals surface area contributed by atoms with Gasteiger partial charge in [0.15, 0.2) is 0 Å². The van der Waals surface area contributed by atoms with Crippen molar-refractivity contribution in [2.24, 2.45) is 0 Å². The van der Waals surface area contributed by atoms with Crippen molar-refractivity contribution in [3.05, 3.63) is 0 Å². The fourth-order valence-corrected chi connectivity index (χ4v) is 3.05. The van der Waals surface area contributed by atoms with Crippen molar-refractivity contribution in [1.29, 1.82) is 0 Å². The number of hydrogen-bond donors (Lipinski definition) is 1. The molecular formula is C11H21NO2. The van der Waals surface area contributed by atoms with Crippen LogP contribution in [0.25, 0.3) is 0 Å². The van der Waals surface area contributed by atoms with Crippen LogP contribution in [0.3, 0.4) is 0 Å². The van der Waals surface area contributed by atoms with E-state index in [4.69, 9.17) is 4.74 Å². The molecule has 4 atom stereocenters. The predicted octanol–water partition coefficient (Wildman–Crippen LogP) is 1.01. The lowest BCUT2D eigenvalue weighted by molar-refractivity contribution is 0.0308. The van der Waals surface area contributed by atoms with E-state index in [2.05, 4.69) is 4.90 Å². The van der Waals surface area contributed by atoms with Crippen LogP contribution in [0, 0.1) is 0 Å². The molecule has 2 fully saturated rings. The summed E-state index contributed by atoms with van der Waals surface area (Å²) in [7, 11) is 1.79. The summed E-state index contributed by atoms with van der Waals surface area (Å²) in [4.78, 5) is 2.46. The van der Waals surface area contributed by atoms with E-state index in [0.717, 1.165) is 13.0 Å². The molecule has 2 aliphatic heterocycles. The van der Waals surface area contributed by atoms with Crippen molar-refractivity contribution in [3.8, 4) is 0 Å². The van der Waals surface area contributed by atoms with E-state index in [-0.39, 0.29) is 6.10 Å². The lowest BCUT2D eigenvalue weighted by Gasteiger charge is -2.35. The quantitative estimate of drug-likeness (QED) is 0.720. The van der Waals surface area contributed by atoms with Crippen LogP contribution in [0.1, 0.15) is 32.6 Å². The van der Waals surface area contributed by atoms with Crippen molar-refractivity contribution in [2.75, 3.05) is 13.7 Å². The highest BCUT2D eigenvalue weighted by atomic mass is 16.5. The first-order valence-electron chi connectivity index (χ1n) is 5.70. The number of aliphatic hydroxyl groups excluding tert-OH is 1. The number of methoxy groups -OCH3 is 1. The van der Waals surface area contributed by atoms with E-state index < -0.39 is 0 Å². The highest BCUT2D eigenvalue weighted by molar-refractivity contribution is 4.98. The van der Waals surface area contributed by atoms with E-state index in [1.54, 1.807) is 7.11 Å². The molecule has 2 aliphatic rings. The predicted molar refractivity (Wildman–Crippen MR) is 55.2 cm³/mol. The van der Waals surface area contributed by atoms with Crippen molar-refractivity contribution in [2.45, 2.75) is 56.9 Å². The molecule has 2 saturated heterocycles. The number of hydrogen-bond acceptors (Lipinski definition) is 3. The molecular weight excluding hydrogens is 178 g/mol. The van der Waals surface area contributed by atoms with Crippen molar-refractivity contribution in [3.63, 3.8) is 0 Å². The average Bonchev–Trinajstić information content (AvgIpc) is 2.56. The number of rotatable bonds is 2. The Kier molecular flexibility index (Phi) is 3.10. The summed E-state index contributed by atoms with van der Waals surface area (Å²) < 4.78 is 5.51. The molecule has 2 heterocycles. The maximum Gasteiger partial charge on any atom is 0.0742 e. The van der Waals surface area contributed by atoms with Gasteiger partial charge in [-0.3, -0.25) is 4.90 Å². The third-order valence-electron chi connectivity index (χ3n) is 3.78. The van der Waals surface area contributed by atoms with Crippen LogP contribution in [0.15, 0.2) is 0 Å². The van der Waals surface area contributed by atoms with Gasteiger partial charge in [-0.25, -0.2) is 0 Å². The fraction of sp³-hybridized carbons (Fsp3) is 1.00. The minimum atomic E-state index is -0.226. The summed E-state index contributed by atoms with van der Waals surface area (Å²) in [6.07, 6.45) is 4.94. The molecule has 0 saturated carbocycles. The van der Waals surface area contributed by atoms with E-state index in [9.17, 15) is 5.11 Å². The molecule has 14 heavy (non-hydrogen) atoms. The van der Waals surface area contributed by atoms with Crippen LogP contribution in [0.4, 0.5) is 0 Å². The van der Waals surface area contributed by atoms with Crippen LogP contribution in [-0.2, 0) is 4.74 Å². The second-order valence-electron chi connectivity index (χ2n) is 4.62. The van der Waals surface area contributed by atoms with Gasteiger partial charge in [0.1, 0.15) is 0 Å². The highest BCUT2D eigenvalue weighted by Crippen LogP contribution is 2.34. The van der Waals surface area contributed by atoms with Gasteiger partial charge < -0.3 is 9.84 Å². The minimum Gasteiger partial charge on any atom is -0.392 e. The standard InChI is InChI=1S/C11H21NO2/c1-8(13)10-7-11(14-2)9-5-3-4-6-12(9)10/h8-11,13H,3-7H2,1-2H3/t8?,9-,10-,11-/m1/s1. The first-order chi connectivity index (χ1) is 6.74. The summed E-state index contributed by atoms with van der Waals surface area (Å²) in [6, 6.07) is 0.888. The van der Waals surface area contributed by atoms with Crippen molar-refractivity contribution >= 4 is 0 Å². The van der Waals surface area contributed by atoms with Crippen LogP contribution >= 0.6 is 0 Å². The molecule has 0 aromatic heterocycles. The Hall–Kier alpha value is -0.120. The summed E-state index contributed by atoms with van der Waals surface area (Å²) in [5.41, 5.74) is 0. The summed E-state index contributed by atoms with van der Waals surface area (Å²) in [5.74, 6) is 0. The van der Waals surface area contributed by atoms with Gasteiger partial charge in [-0.1, -0.05) is 6.42 Å². The third kappa shape index (κ3) is 1.69. The molecule has 0 spiro atoms. The Morgan fingerprint density at radius 1 is 1.43 bits per heavy atom. The summed E-state index contributed by atoms with van der Waals surface area (Å²) >= 11 is 0. The number of nitrogens with zero attached hydrogens (tertiary/aromatic N) is 1. The van der Waals surface area contributed by atoms with Gasteiger partial charge in [0.25, 0.3) is 0 Å². The maximum atomic E-state index is 9.71. The monoisotopic (exact) mass is 199 g/mol. The van der Waals surface area contributed by atoms with Gasteiger partial charge >= 0.3 is 0 Å². The van der Waals surface area contributed by atoms with Crippen LogP contribution in [-0.4, -0.2) is 48.0 Å². The second kappa shape index (κ2) is 4.17. The lowest BCUT2D eigenvalue weighted by atomic mass is 10.0. The van der Waals surface area contributed by atoms with Gasteiger partial charge in [-0.2, -0.15) is 0 Å². The van der Waals surface area contributed by atoms with E-state index in [0.29, 0.717) is 18.2 Å². The molecule has 3 heteroatoms. The zero-order valence-corrected chi connectivity index (χ0v) is 9.15. The van der Waals surface area contributed by atoms with Crippen LogP contribution < -0.4 is 0 Å². The fourth-order valence-electron chi connectivity index (χ4n) is 3.05. The zero-order chi connectivity index (χ0) is 10.1. The van der Waals surface area contributed by atoms with Gasteiger partial charge in [0, 0.05) is 19.2 Å². The minimum absolute atomic E-state index is 0.226. The van der Waals surface area contributed by atoms with Crippen LogP contribution in [0.2, 0.25) is 0 Å². The van der Waals surface area contributed by atoms with E-state index in [1.807, 2.05) is 6.92 Å².